The molecule has 2 aromatic heterocycles. The summed E-state index contributed by atoms with van der Waals surface area (Å²) < 4.78 is 2.15. The lowest BCUT2D eigenvalue weighted by Crippen LogP contribution is -1.94. The number of nitrogens with zero attached hydrogens (tertiary/aromatic N) is 2. The first-order chi connectivity index (χ1) is 9.43. The van der Waals surface area contributed by atoms with Crippen LogP contribution in [0.5, 0.6) is 0 Å². The minimum atomic E-state index is 0.999. The van der Waals surface area contributed by atoms with Crippen LogP contribution < -0.4 is 0 Å². The minimum Gasteiger partial charge on any atom is -0.301 e. The third kappa shape index (κ3) is 1.54. The summed E-state index contributed by atoms with van der Waals surface area (Å²) in [5.74, 6) is 0. The number of aromatic nitrogens is 2. The molecule has 2 heteroatoms. The third-order valence-corrected chi connectivity index (χ3v) is 3.47. The largest absolute Gasteiger partial charge is 0.301 e. The first-order valence-electron chi connectivity index (χ1n) is 6.34. The van der Waals surface area contributed by atoms with Gasteiger partial charge in [-0.15, -0.1) is 0 Å². The van der Waals surface area contributed by atoms with Crippen molar-refractivity contribution < 1.29 is 0 Å². The van der Waals surface area contributed by atoms with E-state index in [1.54, 1.807) is 0 Å². The Labute approximate surface area is 110 Å². The molecule has 0 atom stereocenters. The van der Waals surface area contributed by atoms with Crippen molar-refractivity contribution >= 4 is 21.8 Å². The van der Waals surface area contributed by atoms with Crippen LogP contribution in [0, 0.1) is 0 Å². The van der Waals surface area contributed by atoms with Crippen LogP contribution in [-0.4, -0.2) is 9.55 Å². The molecule has 0 saturated heterocycles. The molecule has 0 amide bonds. The fourth-order valence-electron chi connectivity index (χ4n) is 2.58. The molecule has 90 valence electrons. The molecule has 0 N–H and O–H groups in total. The maximum absolute atomic E-state index is 4.49. The van der Waals surface area contributed by atoms with E-state index < -0.39 is 0 Å². The zero-order valence-corrected chi connectivity index (χ0v) is 10.3. The van der Waals surface area contributed by atoms with E-state index in [2.05, 4.69) is 70.3 Å². The summed E-state index contributed by atoms with van der Waals surface area (Å²) in [7, 11) is 0. The van der Waals surface area contributed by atoms with Crippen molar-refractivity contribution in [1.29, 1.82) is 0 Å². The minimum absolute atomic E-state index is 0.999. The average Bonchev–Trinajstić information content (AvgIpc) is 2.90. The van der Waals surface area contributed by atoms with Gasteiger partial charge in [0.25, 0.3) is 0 Å². The molecule has 0 aliphatic carbocycles. The summed E-state index contributed by atoms with van der Waals surface area (Å²) in [6.07, 6.45) is 3.92. The van der Waals surface area contributed by atoms with E-state index >= 15 is 0 Å². The van der Waals surface area contributed by atoms with Crippen LogP contribution in [0.15, 0.2) is 73.1 Å². The van der Waals surface area contributed by atoms with Gasteiger partial charge in [-0.05, 0) is 29.7 Å². The zero-order valence-electron chi connectivity index (χ0n) is 10.3. The Kier molecular flexibility index (Phi) is 2.15. The molecule has 0 fully saturated rings. The van der Waals surface area contributed by atoms with Crippen molar-refractivity contribution in [3.05, 3.63) is 73.1 Å². The predicted molar refractivity (Wildman–Crippen MR) is 78.6 cm³/mol. The molecule has 0 saturated carbocycles. The summed E-state index contributed by atoms with van der Waals surface area (Å²) in [4.78, 5) is 4.49. The Hall–Kier alpha value is -2.61. The van der Waals surface area contributed by atoms with Gasteiger partial charge in [0.05, 0.1) is 5.69 Å². The van der Waals surface area contributed by atoms with E-state index in [1.165, 1.54) is 16.5 Å². The van der Waals surface area contributed by atoms with Gasteiger partial charge < -0.3 is 4.57 Å². The average molecular weight is 244 g/mol. The van der Waals surface area contributed by atoms with Gasteiger partial charge in [-0.2, -0.15) is 0 Å². The highest BCUT2D eigenvalue weighted by atomic mass is 15.0. The van der Waals surface area contributed by atoms with E-state index in [0.29, 0.717) is 0 Å². The highest BCUT2D eigenvalue weighted by molar-refractivity contribution is 5.92. The molecule has 0 spiro atoms. The summed E-state index contributed by atoms with van der Waals surface area (Å²) in [5.41, 5.74) is 2.17. The summed E-state index contributed by atoms with van der Waals surface area (Å²) in [5, 5.41) is 3.65. The number of fused-ring (bicyclic) bond motifs is 2. The lowest BCUT2D eigenvalue weighted by atomic mass is 10.1. The second-order valence-corrected chi connectivity index (χ2v) is 4.60. The van der Waals surface area contributed by atoms with Crippen LogP contribution in [-0.2, 0) is 0 Å². The molecule has 2 nitrogen and oxygen atoms in total. The van der Waals surface area contributed by atoms with E-state index in [4.69, 9.17) is 0 Å². The van der Waals surface area contributed by atoms with E-state index in [0.717, 1.165) is 11.0 Å². The van der Waals surface area contributed by atoms with Crippen LogP contribution in [0.3, 0.4) is 0 Å². The first-order valence-corrected chi connectivity index (χ1v) is 6.34. The van der Waals surface area contributed by atoms with E-state index in [9.17, 15) is 0 Å². The predicted octanol–water partition coefficient (Wildman–Crippen LogP) is 4.18. The second-order valence-electron chi connectivity index (χ2n) is 4.60. The lowest BCUT2D eigenvalue weighted by molar-refractivity contribution is 1.10. The van der Waals surface area contributed by atoms with Crippen LogP contribution in [0.25, 0.3) is 27.5 Å². The molecule has 0 radical (unpaired) electrons. The van der Waals surface area contributed by atoms with Crippen LogP contribution in [0.4, 0.5) is 0 Å². The van der Waals surface area contributed by atoms with Crippen molar-refractivity contribution in [2.75, 3.05) is 0 Å². The molecule has 2 heterocycles. The molecular weight excluding hydrogens is 232 g/mol. The SMILES string of the molecule is c1ccc2c(-n3ccc4cccnc43)cccc2c1. The van der Waals surface area contributed by atoms with E-state index in [-0.39, 0.29) is 0 Å². The summed E-state index contributed by atoms with van der Waals surface area (Å²) in [6, 6.07) is 20.9. The van der Waals surface area contributed by atoms with Crippen LogP contribution >= 0.6 is 0 Å². The van der Waals surface area contributed by atoms with Crippen molar-refractivity contribution in [1.82, 2.24) is 9.55 Å². The maximum atomic E-state index is 4.49. The van der Waals surface area contributed by atoms with Gasteiger partial charge in [0.1, 0.15) is 5.65 Å². The molecule has 4 aromatic rings. The Morgan fingerprint density at radius 3 is 2.58 bits per heavy atom. The number of hydrogen-bond donors (Lipinski definition) is 0. The fourth-order valence-corrected chi connectivity index (χ4v) is 2.58. The Morgan fingerprint density at radius 2 is 1.58 bits per heavy atom. The van der Waals surface area contributed by atoms with Gasteiger partial charge in [-0.1, -0.05) is 36.4 Å². The Bertz CT molecular complexity index is 869. The molecule has 0 unspecified atom stereocenters. The topological polar surface area (TPSA) is 17.8 Å². The molecule has 19 heavy (non-hydrogen) atoms. The number of hydrogen-bond acceptors (Lipinski definition) is 1. The lowest BCUT2D eigenvalue weighted by Gasteiger charge is -2.08. The quantitative estimate of drug-likeness (QED) is 0.491. The molecular formula is C17H12N2. The smallest absolute Gasteiger partial charge is 0.144 e. The Morgan fingerprint density at radius 1 is 0.737 bits per heavy atom. The van der Waals surface area contributed by atoms with Crippen molar-refractivity contribution in [2.45, 2.75) is 0 Å². The molecule has 0 bridgehead atoms. The number of benzene rings is 2. The summed E-state index contributed by atoms with van der Waals surface area (Å²) >= 11 is 0. The second kappa shape index (κ2) is 3.95. The maximum Gasteiger partial charge on any atom is 0.144 e. The Balaban J connectivity index is 2.10. The van der Waals surface area contributed by atoms with E-state index in [1.807, 2.05) is 12.3 Å². The van der Waals surface area contributed by atoms with Gasteiger partial charge in [0.2, 0.25) is 0 Å². The van der Waals surface area contributed by atoms with Gasteiger partial charge >= 0.3 is 0 Å². The van der Waals surface area contributed by atoms with Crippen LogP contribution in [0.2, 0.25) is 0 Å². The standard InChI is InChI=1S/C17H12N2/c1-2-8-15-13(5-1)6-3-9-16(15)19-12-10-14-7-4-11-18-17(14)19/h1-12H. The van der Waals surface area contributed by atoms with Crippen molar-refractivity contribution in [2.24, 2.45) is 0 Å². The number of rotatable bonds is 1. The van der Waals surface area contributed by atoms with Crippen molar-refractivity contribution in [3.63, 3.8) is 0 Å². The highest BCUT2D eigenvalue weighted by Crippen LogP contribution is 2.25. The monoisotopic (exact) mass is 244 g/mol. The molecule has 4 rings (SSSR count). The van der Waals surface area contributed by atoms with Gasteiger partial charge in [-0.3, -0.25) is 0 Å². The third-order valence-electron chi connectivity index (χ3n) is 3.47. The summed E-state index contributed by atoms with van der Waals surface area (Å²) in [6.45, 7) is 0. The normalized spacial score (nSPS) is 11.2. The van der Waals surface area contributed by atoms with Gasteiger partial charge in [-0.25, -0.2) is 4.98 Å². The van der Waals surface area contributed by atoms with Gasteiger partial charge in [0.15, 0.2) is 0 Å². The molecule has 0 aliphatic rings. The van der Waals surface area contributed by atoms with Crippen LogP contribution in [0.1, 0.15) is 0 Å². The van der Waals surface area contributed by atoms with Gasteiger partial charge in [0, 0.05) is 23.2 Å². The fraction of sp³-hybridized carbons (Fsp3) is 0. The molecule has 0 aliphatic heterocycles. The highest BCUT2D eigenvalue weighted by Gasteiger charge is 2.06. The van der Waals surface area contributed by atoms with Crippen molar-refractivity contribution in [3.8, 4) is 5.69 Å². The first kappa shape index (κ1) is 10.3. The molecule has 2 aromatic carbocycles. The number of pyridine rings is 1. The zero-order chi connectivity index (χ0) is 12.7.